The van der Waals surface area contributed by atoms with Gasteiger partial charge in [-0.25, -0.2) is 0 Å². The van der Waals surface area contributed by atoms with Crippen molar-refractivity contribution in [1.29, 1.82) is 0 Å². The Hall–Kier alpha value is 0. The zero-order valence-electron chi connectivity index (χ0n) is 16.1. The van der Waals surface area contributed by atoms with Gasteiger partial charge in [-0.3, -0.25) is 0 Å². The molecule has 0 saturated heterocycles. The van der Waals surface area contributed by atoms with Gasteiger partial charge < -0.3 is 0 Å². The highest BCUT2D eigenvalue weighted by atomic mass is 14.5. The van der Waals surface area contributed by atoms with Crippen LogP contribution >= 0.6 is 0 Å². The molecule has 0 amide bonds. The van der Waals surface area contributed by atoms with Gasteiger partial charge in [0, 0.05) is 0 Å². The van der Waals surface area contributed by atoms with E-state index in [9.17, 15) is 0 Å². The Labute approximate surface area is 130 Å². The molecule has 0 aliphatic carbocycles. The molecule has 0 heteroatoms. The summed E-state index contributed by atoms with van der Waals surface area (Å²) in [6.07, 6.45) is 4.06. The predicted octanol–water partition coefficient (Wildman–Crippen LogP) is 7.04. The van der Waals surface area contributed by atoms with Crippen LogP contribution in [0.5, 0.6) is 0 Å². The molecule has 0 aromatic heterocycles. The first kappa shape index (κ1) is 20.0. The number of rotatable bonds is 9. The van der Waals surface area contributed by atoms with Gasteiger partial charge >= 0.3 is 0 Å². The summed E-state index contributed by atoms with van der Waals surface area (Å²) in [5, 5.41) is 0. The maximum absolute atomic E-state index is 2.58. The molecule has 0 rings (SSSR count). The molecule has 0 saturated carbocycles. The average molecular weight is 283 g/mol. The first-order valence-electron chi connectivity index (χ1n) is 9.07. The Morgan fingerprint density at radius 3 is 1.55 bits per heavy atom. The maximum atomic E-state index is 2.58. The summed E-state index contributed by atoms with van der Waals surface area (Å²) in [6.45, 7) is 24.4. The summed E-state index contributed by atoms with van der Waals surface area (Å²) in [5.74, 6) is 4.82. The Bertz CT molecular complexity index is 253. The lowest BCUT2D eigenvalue weighted by Gasteiger charge is -2.47. The van der Waals surface area contributed by atoms with E-state index in [0.29, 0.717) is 5.41 Å². The molecule has 0 N–H and O–H groups in total. The van der Waals surface area contributed by atoms with E-state index < -0.39 is 0 Å². The van der Waals surface area contributed by atoms with Gasteiger partial charge in [0.15, 0.2) is 0 Å². The lowest BCUT2D eigenvalue weighted by molar-refractivity contribution is 0.0162. The van der Waals surface area contributed by atoms with Gasteiger partial charge in [-0.15, -0.1) is 0 Å². The molecule has 0 aromatic carbocycles. The van der Waals surface area contributed by atoms with Gasteiger partial charge in [0.2, 0.25) is 0 Å². The SMILES string of the molecule is CCCC(C)C(C)C(C)(CC(C)C(C)C)C(C)C(C)C. The van der Waals surface area contributed by atoms with Crippen LogP contribution in [-0.4, -0.2) is 0 Å². The minimum Gasteiger partial charge on any atom is -0.0654 e. The summed E-state index contributed by atoms with van der Waals surface area (Å²) in [4.78, 5) is 0. The molecular weight excluding hydrogens is 240 g/mol. The fourth-order valence-electron chi connectivity index (χ4n) is 3.83. The zero-order chi connectivity index (χ0) is 16.1. The van der Waals surface area contributed by atoms with Crippen LogP contribution in [0, 0.1) is 40.9 Å². The Balaban J connectivity index is 5.23. The minimum absolute atomic E-state index is 0.465. The van der Waals surface area contributed by atoms with Gasteiger partial charge in [0.25, 0.3) is 0 Å². The minimum atomic E-state index is 0.465. The molecule has 0 fully saturated rings. The lowest BCUT2D eigenvalue weighted by Crippen LogP contribution is -2.40. The van der Waals surface area contributed by atoms with Gasteiger partial charge in [0.1, 0.15) is 0 Å². The summed E-state index contributed by atoms with van der Waals surface area (Å²) in [5.41, 5.74) is 0.465. The third-order valence-electron chi connectivity index (χ3n) is 6.58. The summed E-state index contributed by atoms with van der Waals surface area (Å²) < 4.78 is 0. The first-order valence-corrected chi connectivity index (χ1v) is 9.07. The second kappa shape index (κ2) is 8.44. The third-order valence-corrected chi connectivity index (χ3v) is 6.58. The summed E-state index contributed by atoms with van der Waals surface area (Å²) in [6, 6.07) is 0. The van der Waals surface area contributed by atoms with E-state index in [1.165, 1.54) is 19.3 Å². The van der Waals surface area contributed by atoms with Crippen molar-refractivity contribution in [3.8, 4) is 0 Å². The van der Waals surface area contributed by atoms with E-state index in [-0.39, 0.29) is 0 Å². The first-order chi connectivity index (χ1) is 9.07. The van der Waals surface area contributed by atoms with Crippen molar-refractivity contribution in [2.24, 2.45) is 40.9 Å². The molecule has 5 unspecified atom stereocenters. The normalized spacial score (nSPS) is 21.6. The molecule has 0 aromatic rings. The molecule has 0 spiro atoms. The monoisotopic (exact) mass is 282 g/mol. The highest BCUT2D eigenvalue weighted by Crippen LogP contribution is 2.48. The van der Waals surface area contributed by atoms with E-state index in [0.717, 1.165) is 35.5 Å². The molecule has 0 bridgehead atoms. The Kier molecular flexibility index (Phi) is 8.44. The van der Waals surface area contributed by atoms with Crippen LogP contribution in [0.2, 0.25) is 0 Å². The van der Waals surface area contributed by atoms with E-state index >= 15 is 0 Å². The predicted molar refractivity (Wildman–Crippen MR) is 94.0 cm³/mol. The molecule has 0 aliphatic heterocycles. The van der Waals surface area contributed by atoms with Crippen molar-refractivity contribution in [1.82, 2.24) is 0 Å². The van der Waals surface area contributed by atoms with Crippen molar-refractivity contribution in [2.75, 3.05) is 0 Å². The van der Waals surface area contributed by atoms with Crippen molar-refractivity contribution < 1.29 is 0 Å². The van der Waals surface area contributed by atoms with Crippen LogP contribution in [0.4, 0.5) is 0 Å². The van der Waals surface area contributed by atoms with Crippen LogP contribution < -0.4 is 0 Å². The average Bonchev–Trinajstić information content (AvgIpc) is 2.36. The van der Waals surface area contributed by atoms with Gasteiger partial charge in [-0.2, -0.15) is 0 Å². The van der Waals surface area contributed by atoms with Crippen LogP contribution in [0.1, 0.15) is 88.5 Å². The van der Waals surface area contributed by atoms with Crippen LogP contribution in [-0.2, 0) is 0 Å². The van der Waals surface area contributed by atoms with E-state index in [1.807, 2.05) is 0 Å². The maximum Gasteiger partial charge on any atom is -0.0267 e. The molecule has 122 valence electrons. The third kappa shape index (κ3) is 5.08. The standard InChI is InChI=1S/C20H42/c1-11-12-16(6)19(9)20(10,18(8)15(4)5)13-17(7)14(2)3/h14-19H,11-13H2,1-10H3. The van der Waals surface area contributed by atoms with Crippen LogP contribution in [0.15, 0.2) is 0 Å². The molecule has 0 nitrogen and oxygen atoms in total. The fraction of sp³-hybridized carbons (Fsp3) is 1.00. The van der Waals surface area contributed by atoms with Crippen molar-refractivity contribution >= 4 is 0 Å². The van der Waals surface area contributed by atoms with E-state index in [4.69, 9.17) is 0 Å². The fourth-order valence-corrected chi connectivity index (χ4v) is 3.83. The summed E-state index contributed by atoms with van der Waals surface area (Å²) >= 11 is 0. The molecule has 20 heavy (non-hydrogen) atoms. The van der Waals surface area contributed by atoms with Gasteiger partial charge in [-0.05, 0) is 47.3 Å². The summed E-state index contributed by atoms with van der Waals surface area (Å²) in [7, 11) is 0. The largest absolute Gasteiger partial charge is 0.0654 e. The van der Waals surface area contributed by atoms with Crippen molar-refractivity contribution in [3.63, 3.8) is 0 Å². The Morgan fingerprint density at radius 2 is 1.20 bits per heavy atom. The second-order valence-electron chi connectivity index (χ2n) is 8.52. The molecular formula is C20H42. The number of hydrogen-bond donors (Lipinski definition) is 0. The van der Waals surface area contributed by atoms with Crippen LogP contribution in [0.3, 0.4) is 0 Å². The van der Waals surface area contributed by atoms with Crippen molar-refractivity contribution in [2.45, 2.75) is 88.5 Å². The molecule has 5 atom stereocenters. The highest BCUT2D eigenvalue weighted by Gasteiger charge is 2.41. The molecule has 0 radical (unpaired) electrons. The zero-order valence-corrected chi connectivity index (χ0v) is 16.1. The van der Waals surface area contributed by atoms with Crippen LogP contribution in [0.25, 0.3) is 0 Å². The lowest BCUT2D eigenvalue weighted by atomic mass is 9.58. The Morgan fingerprint density at radius 1 is 0.700 bits per heavy atom. The molecule has 0 aliphatic rings. The van der Waals surface area contributed by atoms with E-state index in [1.54, 1.807) is 0 Å². The van der Waals surface area contributed by atoms with Crippen molar-refractivity contribution in [3.05, 3.63) is 0 Å². The van der Waals surface area contributed by atoms with Gasteiger partial charge in [0.05, 0.1) is 0 Å². The van der Waals surface area contributed by atoms with Gasteiger partial charge in [-0.1, -0.05) is 82.1 Å². The quantitative estimate of drug-likeness (QED) is 0.425. The topological polar surface area (TPSA) is 0 Å². The van der Waals surface area contributed by atoms with E-state index in [2.05, 4.69) is 69.2 Å². The second-order valence-corrected chi connectivity index (χ2v) is 8.52. The smallest absolute Gasteiger partial charge is 0.0267 e. The number of hydrogen-bond acceptors (Lipinski definition) is 0. The molecule has 0 heterocycles. The highest BCUT2D eigenvalue weighted by molar-refractivity contribution is 4.90.